The van der Waals surface area contributed by atoms with Gasteiger partial charge in [0.05, 0.1) is 16.8 Å². The summed E-state index contributed by atoms with van der Waals surface area (Å²) < 4.78 is 0. The molecule has 2 aromatic carbocycles. The number of aliphatic imine (C=N–C) groups is 1. The maximum absolute atomic E-state index is 6.49. The summed E-state index contributed by atoms with van der Waals surface area (Å²) in [5.41, 5.74) is 4.16. The van der Waals surface area contributed by atoms with Gasteiger partial charge in [0.2, 0.25) is 0 Å². The summed E-state index contributed by atoms with van der Waals surface area (Å²) in [5, 5.41) is 9.73. The van der Waals surface area contributed by atoms with Gasteiger partial charge in [0.1, 0.15) is 11.5 Å². The van der Waals surface area contributed by atoms with Crippen molar-refractivity contribution in [2.45, 2.75) is 38.4 Å². The Bertz CT molecular complexity index is 932. The Kier molecular flexibility index (Phi) is 4.12. The molecule has 0 spiro atoms. The van der Waals surface area contributed by atoms with Gasteiger partial charge in [0, 0.05) is 24.3 Å². The van der Waals surface area contributed by atoms with E-state index in [1.807, 2.05) is 24.3 Å². The van der Waals surface area contributed by atoms with Crippen molar-refractivity contribution in [3.8, 4) is 0 Å². The number of hydrogen-bond donors (Lipinski definition) is 0. The summed E-state index contributed by atoms with van der Waals surface area (Å²) in [6.07, 6.45) is 3.73. The zero-order chi connectivity index (χ0) is 18.4. The van der Waals surface area contributed by atoms with E-state index in [0.29, 0.717) is 5.02 Å². The molecule has 3 aliphatic heterocycles. The Labute approximate surface area is 164 Å². The van der Waals surface area contributed by atoms with E-state index in [0.717, 1.165) is 35.9 Å². The van der Waals surface area contributed by atoms with Gasteiger partial charge in [-0.2, -0.15) is 10.2 Å². The summed E-state index contributed by atoms with van der Waals surface area (Å²) in [6, 6.07) is 14.4. The maximum Gasteiger partial charge on any atom is 0.170 e. The molecule has 0 aliphatic carbocycles. The molecule has 0 aromatic heterocycles. The lowest BCUT2D eigenvalue weighted by molar-refractivity contribution is 0.575. The Morgan fingerprint density at radius 2 is 1.85 bits per heavy atom. The number of anilines is 2. The molecule has 5 rings (SSSR count). The van der Waals surface area contributed by atoms with Gasteiger partial charge in [-0.3, -0.25) is 9.89 Å². The number of rotatable bonds is 2. The molecular weight excluding hydrogens is 358 g/mol. The highest BCUT2D eigenvalue weighted by atomic mass is 35.5. The fraction of sp³-hybridized carbons (Fsp3) is 0.381. The van der Waals surface area contributed by atoms with Crippen LogP contribution in [0.5, 0.6) is 0 Å². The number of azo groups is 1. The van der Waals surface area contributed by atoms with Crippen molar-refractivity contribution >= 4 is 34.5 Å². The first-order valence-electron chi connectivity index (χ1n) is 9.64. The van der Waals surface area contributed by atoms with Crippen molar-refractivity contribution in [2.24, 2.45) is 15.2 Å². The Morgan fingerprint density at radius 3 is 2.67 bits per heavy atom. The average Bonchev–Trinajstić information content (AvgIpc) is 3.05. The van der Waals surface area contributed by atoms with E-state index in [9.17, 15) is 0 Å². The maximum atomic E-state index is 6.49. The second-order valence-electron chi connectivity index (χ2n) is 7.39. The molecule has 0 N–H and O–H groups in total. The minimum absolute atomic E-state index is 0.0341. The van der Waals surface area contributed by atoms with Gasteiger partial charge in [-0.15, -0.1) is 0 Å². The number of hydrogen-bond acceptors (Lipinski definition) is 5. The van der Waals surface area contributed by atoms with E-state index < -0.39 is 0 Å². The topological polar surface area (TPSA) is 43.6 Å². The van der Waals surface area contributed by atoms with E-state index in [4.69, 9.17) is 16.6 Å². The molecule has 1 saturated heterocycles. The second-order valence-corrected chi connectivity index (χ2v) is 7.80. The van der Waals surface area contributed by atoms with Gasteiger partial charge in [-0.05, 0) is 56.5 Å². The van der Waals surface area contributed by atoms with E-state index in [-0.39, 0.29) is 12.2 Å². The molecule has 2 unspecified atom stereocenters. The minimum atomic E-state index is -0.111. The summed E-state index contributed by atoms with van der Waals surface area (Å²) in [4.78, 5) is 9.57. The van der Waals surface area contributed by atoms with Gasteiger partial charge >= 0.3 is 0 Å². The first-order chi connectivity index (χ1) is 13.2. The number of fused-ring (bicyclic) bond motifs is 3. The van der Waals surface area contributed by atoms with E-state index in [1.54, 1.807) is 0 Å². The molecule has 0 bridgehead atoms. The largest absolute Gasteiger partial charge is 0.371 e. The molecule has 6 heteroatoms. The van der Waals surface area contributed by atoms with Crippen LogP contribution in [0.4, 0.5) is 17.1 Å². The summed E-state index contributed by atoms with van der Waals surface area (Å²) >= 11 is 6.49. The summed E-state index contributed by atoms with van der Waals surface area (Å²) in [7, 11) is 0. The Morgan fingerprint density at radius 1 is 1.04 bits per heavy atom. The molecule has 3 aliphatic rings. The fourth-order valence-electron chi connectivity index (χ4n) is 4.17. The van der Waals surface area contributed by atoms with E-state index in [2.05, 4.69) is 45.2 Å². The molecule has 3 heterocycles. The molecule has 0 saturated carbocycles. The molecule has 5 nitrogen and oxygen atoms in total. The van der Waals surface area contributed by atoms with Crippen molar-refractivity contribution < 1.29 is 0 Å². The van der Waals surface area contributed by atoms with E-state index >= 15 is 0 Å². The van der Waals surface area contributed by atoms with Crippen LogP contribution in [0.3, 0.4) is 0 Å². The van der Waals surface area contributed by atoms with Crippen LogP contribution in [0.2, 0.25) is 5.02 Å². The van der Waals surface area contributed by atoms with Crippen LogP contribution in [-0.4, -0.2) is 31.1 Å². The molecule has 1 fully saturated rings. The highest BCUT2D eigenvalue weighted by molar-refractivity contribution is 6.35. The summed E-state index contributed by atoms with van der Waals surface area (Å²) in [6.45, 7) is 4.32. The number of nitrogens with zero attached hydrogens (tertiary/aromatic N) is 5. The fourth-order valence-corrected chi connectivity index (χ4v) is 4.39. The number of amidine groups is 1. The van der Waals surface area contributed by atoms with Crippen molar-refractivity contribution in [1.82, 2.24) is 0 Å². The standard InChI is InChI=1S/C21H22ClN5/c1-14-20-25-24-18-10-9-15(26-11-5-2-6-12-26)13-19(18)27(20)21(23-14)16-7-3-4-8-17(16)22/h3-4,7-10,13-14,20H,2,5-6,11-12H2,1H3. The normalized spacial score (nSPS) is 23.9. The van der Waals surface area contributed by atoms with Crippen LogP contribution in [0.15, 0.2) is 57.7 Å². The summed E-state index contributed by atoms with van der Waals surface area (Å²) in [5.74, 6) is 0.883. The minimum Gasteiger partial charge on any atom is -0.371 e. The third kappa shape index (κ3) is 2.81. The molecule has 0 radical (unpaired) electrons. The van der Waals surface area contributed by atoms with Crippen molar-refractivity contribution in [3.63, 3.8) is 0 Å². The van der Waals surface area contributed by atoms with Gasteiger partial charge in [0.25, 0.3) is 0 Å². The molecular formula is C21H22ClN5. The quantitative estimate of drug-likeness (QED) is 0.700. The van der Waals surface area contributed by atoms with Crippen molar-refractivity contribution in [1.29, 1.82) is 0 Å². The van der Waals surface area contributed by atoms with Crippen LogP contribution in [0.25, 0.3) is 0 Å². The van der Waals surface area contributed by atoms with E-state index in [1.165, 1.54) is 24.9 Å². The third-order valence-corrected chi connectivity index (χ3v) is 5.92. The number of piperidine rings is 1. The van der Waals surface area contributed by atoms with Crippen LogP contribution in [-0.2, 0) is 0 Å². The smallest absolute Gasteiger partial charge is 0.170 e. The highest BCUT2D eigenvalue weighted by Crippen LogP contribution is 2.43. The van der Waals surface area contributed by atoms with Crippen molar-refractivity contribution in [2.75, 3.05) is 22.9 Å². The molecule has 27 heavy (non-hydrogen) atoms. The molecule has 0 amide bonds. The first kappa shape index (κ1) is 16.8. The Balaban J connectivity index is 1.59. The van der Waals surface area contributed by atoms with Crippen LogP contribution in [0, 0.1) is 0 Å². The zero-order valence-electron chi connectivity index (χ0n) is 15.3. The lowest BCUT2D eigenvalue weighted by atomic mass is 10.1. The van der Waals surface area contributed by atoms with Gasteiger partial charge < -0.3 is 4.90 Å². The third-order valence-electron chi connectivity index (χ3n) is 5.59. The monoisotopic (exact) mass is 379 g/mol. The SMILES string of the molecule is CC1N=C(c2ccccc2Cl)N2c3cc(N4CCCCC4)ccc3N=NC12. The second kappa shape index (κ2) is 6.64. The molecule has 2 aromatic rings. The lowest BCUT2D eigenvalue weighted by Gasteiger charge is -2.33. The molecule has 2 atom stereocenters. The molecule has 138 valence electrons. The van der Waals surface area contributed by atoms with Gasteiger partial charge in [0.15, 0.2) is 6.17 Å². The van der Waals surface area contributed by atoms with Crippen molar-refractivity contribution in [3.05, 3.63) is 53.1 Å². The highest BCUT2D eigenvalue weighted by Gasteiger charge is 2.39. The van der Waals surface area contributed by atoms with Crippen LogP contribution in [0.1, 0.15) is 31.7 Å². The average molecular weight is 380 g/mol. The first-order valence-corrected chi connectivity index (χ1v) is 10.0. The van der Waals surface area contributed by atoms with Crippen LogP contribution >= 0.6 is 11.6 Å². The Hall–Kier alpha value is -2.40. The predicted molar refractivity (Wildman–Crippen MR) is 111 cm³/mol. The number of halogens is 1. The van der Waals surface area contributed by atoms with Crippen LogP contribution < -0.4 is 9.80 Å². The predicted octanol–water partition coefficient (Wildman–Crippen LogP) is 5.41. The zero-order valence-corrected chi connectivity index (χ0v) is 16.1. The number of benzene rings is 2. The van der Waals surface area contributed by atoms with Gasteiger partial charge in [-0.1, -0.05) is 23.7 Å². The lowest BCUT2D eigenvalue weighted by Crippen LogP contribution is -2.39. The van der Waals surface area contributed by atoms with Gasteiger partial charge in [-0.25, -0.2) is 0 Å².